The summed E-state index contributed by atoms with van der Waals surface area (Å²) in [5.74, 6) is 0.940. The maximum Gasteiger partial charge on any atom is 0.224 e. The summed E-state index contributed by atoms with van der Waals surface area (Å²) < 4.78 is 0. The van der Waals surface area contributed by atoms with E-state index in [0.717, 1.165) is 23.6 Å². The molecule has 1 unspecified atom stereocenters. The normalized spacial score (nSPS) is 18.6. The lowest BCUT2D eigenvalue weighted by Crippen LogP contribution is -2.44. The molecule has 0 spiro atoms. The van der Waals surface area contributed by atoms with E-state index in [2.05, 4.69) is 15.3 Å². The van der Waals surface area contributed by atoms with Gasteiger partial charge in [-0.25, -0.2) is 0 Å². The number of hydrogen-bond acceptors (Lipinski definition) is 4. The predicted molar refractivity (Wildman–Crippen MR) is 119 cm³/mol. The maximum atomic E-state index is 13.1. The van der Waals surface area contributed by atoms with Crippen molar-refractivity contribution in [3.8, 4) is 0 Å². The fourth-order valence-corrected chi connectivity index (χ4v) is 4.87. The molecule has 2 aliphatic rings. The molecular formula is C25H32N4O2. The Morgan fingerprint density at radius 3 is 2.45 bits per heavy atom. The van der Waals surface area contributed by atoms with Gasteiger partial charge in [0, 0.05) is 37.8 Å². The first-order chi connectivity index (χ1) is 15.2. The Labute approximate surface area is 184 Å². The highest BCUT2D eigenvalue weighted by Gasteiger charge is 2.29. The molecule has 0 bridgehead atoms. The number of carbonyl (C=O) groups is 2. The molecule has 1 saturated carbocycles. The molecule has 1 N–H and O–H groups in total. The zero-order valence-corrected chi connectivity index (χ0v) is 18.1. The lowest BCUT2D eigenvalue weighted by atomic mass is 9.94. The topological polar surface area (TPSA) is 75.2 Å². The van der Waals surface area contributed by atoms with Crippen molar-refractivity contribution < 1.29 is 9.59 Å². The number of amides is 2. The molecule has 1 aromatic carbocycles. The molecule has 6 heteroatoms. The Bertz CT molecular complexity index is 805. The Morgan fingerprint density at radius 1 is 1.03 bits per heavy atom. The van der Waals surface area contributed by atoms with Crippen molar-refractivity contribution in [1.82, 2.24) is 20.2 Å². The summed E-state index contributed by atoms with van der Waals surface area (Å²) in [6, 6.07) is 9.53. The molecule has 2 amide bonds. The molecule has 4 rings (SSSR count). The number of likely N-dealkylation sites (tertiary alicyclic amines) is 1. The van der Waals surface area contributed by atoms with E-state index in [4.69, 9.17) is 0 Å². The first-order valence-electron chi connectivity index (χ1n) is 11.6. The Balaban J connectivity index is 1.31. The van der Waals surface area contributed by atoms with Crippen molar-refractivity contribution in [2.75, 3.05) is 13.1 Å². The van der Waals surface area contributed by atoms with Crippen LogP contribution in [-0.4, -0.2) is 39.8 Å². The zero-order chi connectivity index (χ0) is 21.5. The summed E-state index contributed by atoms with van der Waals surface area (Å²) in [6.07, 6.45) is 13.3. The SMILES string of the molecule is O=C(NC(c1ccccc1)c1cnccn1)C1CCN(C(=O)CCC2CCCC2)CC1. The Kier molecular flexibility index (Phi) is 7.28. The van der Waals surface area contributed by atoms with Gasteiger partial charge in [0.15, 0.2) is 0 Å². The number of nitrogens with zero attached hydrogens (tertiary/aromatic N) is 3. The molecule has 2 fully saturated rings. The highest BCUT2D eigenvalue weighted by atomic mass is 16.2. The van der Waals surface area contributed by atoms with Gasteiger partial charge in [-0.2, -0.15) is 0 Å². The number of nitrogens with one attached hydrogen (secondary N) is 1. The number of piperidine rings is 1. The smallest absolute Gasteiger partial charge is 0.224 e. The first kappa shape index (κ1) is 21.5. The van der Waals surface area contributed by atoms with Crippen molar-refractivity contribution in [2.24, 2.45) is 11.8 Å². The highest BCUT2D eigenvalue weighted by molar-refractivity contribution is 5.80. The Hall–Kier alpha value is -2.76. The van der Waals surface area contributed by atoms with E-state index < -0.39 is 0 Å². The van der Waals surface area contributed by atoms with Gasteiger partial charge < -0.3 is 10.2 Å². The van der Waals surface area contributed by atoms with Gasteiger partial charge in [0.2, 0.25) is 11.8 Å². The van der Waals surface area contributed by atoms with Gasteiger partial charge in [-0.1, -0.05) is 56.0 Å². The van der Waals surface area contributed by atoms with Crippen LogP contribution in [0.2, 0.25) is 0 Å². The van der Waals surface area contributed by atoms with Crippen molar-refractivity contribution in [3.05, 3.63) is 60.2 Å². The molecule has 6 nitrogen and oxygen atoms in total. The largest absolute Gasteiger partial charge is 0.343 e. The quantitative estimate of drug-likeness (QED) is 0.737. The standard InChI is InChI=1S/C25H32N4O2/c30-23(11-10-19-6-4-5-7-19)29-16-12-21(13-17-29)25(31)28-24(20-8-2-1-3-9-20)22-18-26-14-15-27-22/h1-3,8-9,14-15,18-19,21,24H,4-7,10-13,16-17H2,(H,28,31). The molecule has 2 heterocycles. The fraction of sp³-hybridized carbons (Fsp3) is 0.520. The minimum Gasteiger partial charge on any atom is -0.343 e. The van der Waals surface area contributed by atoms with Crippen LogP contribution >= 0.6 is 0 Å². The maximum absolute atomic E-state index is 13.1. The van der Waals surface area contributed by atoms with Gasteiger partial charge in [0.25, 0.3) is 0 Å². The van der Waals surface area contributed by atoms with Crippen molar-refractivity contribution in [3.63, 3.8) is 0 Å². The van der Waals surface area contributed by atoms with E-state index >= 15 is 0 Å². The molecule has 31 heavy (non-hydrogen) atoms. The molecule has 164 valence electrons. The van der Waals surface area contributed by atoms with Gasteiger partial charge in [0.05, 0.1) is 17.9 Å². The lowest BCUT2D eigenvalue weighted by molar-refractivity contribution is -0.136. The molecular weight excluding hydrogens is 388 g/mol. The lowest BCUT2D eigenvalue weighted by Gasteiger charge is -2.32. The average Bonchev–Trinajstić information content (AvgIpc) is 3.36. The summed E-state index contributed by atoms with van der Waals surface area (Å²) >= 11 is 0. The summed E-state index contributed by atoms with van der Waals surface area (Å²) in [7, 11) is 0. The van der Waals surface area contributed by atoms with Gasteiger partial charge in [-0.15, -0.1) is 0 Å². The van der Waals surface area contributed by atoms with Gasteiger partial charge in [-0.05, 0) is 30.7 Å². The fourth-order valence-electron chi connectivity index (χ4n) is 4.87. The van der Waals surface area contributed by atoms with Crippen LogP contribution in [0.15, 0.2) is 48.9 Å². The van der Waals surface area contributed by atoms with Crippen molar-refractivity contribution >= 4 is 11.8 Å². The average molecular weight is 421 g/mol. The van der Waals surface area contributed by atoms with Crippen LogP contribution < -0.4 is 5.32 Å². The summed E-state index contributed by atoms with van der Waals surface area (Å²) in [5.41, 5.74) is 1.71. The second kappa shape index (κ2) is 10.5. The van der Waals surface area contributed by atoms with Crippen molar-refractivity contribution in [1.29, 1.82) is 0 Å². The minimum atomic E-state index is -0.325. The number of rotatable bonds is 7. The van der Waals surface area contributed by atoms with E-state index in [0.29, 0.717) is 32.4 Å². The summed E-state index contributed by atoms with van der Waals surface area (Å²) in [4.78, 5) is 36.2. The van der Waals surface area contributed by atoms with Crippen LogP contribution in [0.4, 0.5) is 0 Å². The van der Waals surface area contributed by atoms with E-state index in [-0.39, 0.29) is 23.8 Å². The highest BCUT2D eigenvalue weighted by Crippen LogP contribution is 2.29. The second-order valence-corrected chi connectivity index (χ2v) is 8.83. The molecule has 1 aliphatic heterocycles. The zero-order valence-electron chi connectivity index (χ0n) is 18.1. The van der Waals surface area contributed by atoms with E-state index in [1.807, 2.05) is 35.2 Å². The first-order valence-corrected chi connectivity index (χ1v) is 11.6. The molecule has 1 atom stereocenters. The number of hydrogen-bond donors (Lipinski definition) is 1. The third-order valence-corrected chi connectivity index (χ3v) is 6.76. The number of carbonyl (C=O) groups excluding carboxylic acids is 2. The van der Waals surface area contributed by atoms with Crippen LogP contribution in [0.25, 0.3) is 0 Å². The molecule has 1 aromatic heterocycles. The van der Waals surface area contributed by atoms with Crippen LogP contribution in [0, 0.1) is 11.8 Å². The van der Waals surface area contributed by atoms with E-state index in [1.54, 1.807) is 18.6 Å². The summed E-state index contributed by atoms with van der Waals surface area (Å²) in [6.45, 7) is 1.34. The predicted octanol–water partition coefficient (Wildman–Crippen LogP) is 3.89. The molecule has 1 aliphatic carbocycles. The third-order valence-electron chi connectivity index (χ3n) is 6.76. The minimum absolute atomic E-state index is 0.0255. The second-order valence-electron chi connectivity index (χ2n) is 8.83. The van der Waals surface area contributed by atoms with Crippen LogP contribution in [0.3, 0.4) is 0 Å². The van der Waals surface area contributed by atoms with Gasteiger partial charge in [-0.3, -0.25) is 19.6 Å². The molecule has 1 saturated heterocycles. The monoisotopic (exact) mass is 420 g/mol. The van der Waals surface area contributed by atoms with Crippen LogP contribution in [0.5, 0.6) is 0 Å². The molecule has 2 aromatic rings. The van der Waals surface area contributed by atoms with Crippen molar-refractivity contribution in [2.45, 2.75) is 57.4 Å². The number of aromatic nitrogens is 2. The molecule has 0 radical (unpaired) electrons. The van der Waals surface area contributed by atoms with E-state index in [1.165, 1.54) is 25.7 Å². The van der Waals surface area contributed by atoms with Crippen LogP contribution in [0.1, 0.15) is 68.7 Å². The summed E-state index contributed by atoms with van der Waals surface area (Å²) in [5, 5.41) is 3.18. The van der Waals surface area contributed by atoms with E-state index in [9.17, 15) is 9.59 Å². The Morgan fingerprint density at radius 2 is 1.77 bits per heavy atom. The number of benzene rings is 1. The third kappa shape index (κ3) is 5.69. The van der Waals surface area contributed by atoms with Gasteiger partial charge >= 0.3 is 0 Å². The van der Waals surface area contributed by atoms with Gasteiger partial charge in [0.1, 0.15) is 0 Å². The van der Waals surface area contributed by atoms with Crippen LogP contribution in [-0.2, 0) is 9.59 Å².